The quantitative estimate of drug-likeness (QED) is 0.699. The van der Waals surface area contributed by atoms with E-state index < -0.39 is 0 Å². The van der Waals surface area contributed by atoms with E-state index in [1.54, 1.807) is 0 Å². The minimum atomic E-state index is -0.109. The molecule has 1 N–H and O–H groups in total. The monoisotopic (exact) mass is 375 g/mol. The molecule has 0 saturated carbocycles. The molecule has 1 aromatic heterocycles. The van der Waals surface area contributed by atoms with E-state index in [9.17, 15) is 4.79 Å². The topological polar surface area (TPSA) is 54.5 Å². The average Bonchev–Trinajstić information content (AvgIpc) is 3.02. The maximum absolute atomic E-state index is 12.5. The number of benzene rings is 1. The van der Waals surface area contributed by atoms with Crippen LogP contribution >= 0.6 is 11.3 Å². The second-order valence-corrected chi connectivity index (χ2v) is 7.51. The van der Waals surface area contributed by atoms with Gasteiger partial charge in [0.15, 0.2) is 0 Å². The number of carbonyl (C=O) groups excluding carboxylic acids is 1. The lowest BCUT2D eigenvalue weighted by Crippen LogP contribution is -2.27. The van der Waals surface area contributed by atoms with Crippen LogP contribution in [-0.4, -0.2) is 42.0 Å². The first-order valence-electron chi connectivity index (χ1n) is 9.18. The van der Waals surface area contributed by atoms with Gasteiger partial charge in [-0.3, -0.25) is 4.79 Å². The summed E-state index contributed by atoms with van der Waals surface area (Å²) in [5, 5.41) is 3.93. The lowest BCUT2D eigenvalue weighted by Gasteiger charge is -2.18. The van der Waals surface area contributed by atoms with Crippen molar-refractivity contribution >= 4 is 22.9 Å². The Morgan fingerprint density at radius 2 is 1.88 bits per heavy atom. The predicted octanol–water partition coefficient (Wildman–Crippen LogP) is 4.55. The fraction of sp³-hybridized carbons (Fsp3) is 0.500. The van der Waals surface area contributed by atoms with Crippen LogP contribution in [0.4, 0.5) is 5.69 Å². The number of aromatic nitrogens is 1. The van der Waals surface area contributed by atoms with E-state index in [1.807, 2.05) is 31.2 Å². The number of carbonyl (C=O) groups is 1. The van der Waals surface area contributed by atoms with Gasteiger partial charge in [-0.2, -0.15) is 0 Å². The van der Waals surface area contributed by atoms with Crippen molar-refractivity contribution in [1.82, 2.24) is 9.88 Å². The summed E-state index contributed by atoms with van der Waals surface area (Å²) >= 11 is 1.46. The molecule has 0 bridgehead atoms. The first kappa shape index (κ1) is 20.4. The van der Waals surface area contributed by atoms with Crippen LogP contribution in [0.15, 0.2) is 24.3 Å². The van der Waals surface area contributed by atoms with E-state index in [1.165, 1.54) is 11.3 Å². The van der Waals surface area contributed by atoms with Crippen LogP contribution in [0.1, 0.15) is 54.0 Å². The van der Waals surface area contributed by atoms with Crippen LogP contribution in [0.25, 0.3) is 0 Å². The van der Waals surface area contributed by atoms with E-state index in [0.29, 0.717) is 17.4 Å². The molecule has 2 rings (SSSR count). The molecule has 1 heterocycles. The number of nitrogens with one attached hydrogen (secondary N) is 1. The standard InChI is InChI=1S/C20H29N3O2S/c1-6-23(7-2)12-13-25-17-10-8-16(9-11-17)22-19(24)18-15(5)21-20(26-18)14(3)4/h8-11,14H,6-7,12-13H2,1-5H3,(H,22,24). The van der Waals surface area contributed by atoms with E-state index in [4.69, 9.17) is 4.74 Å². The molecule has 0 radical (unpaired) electrons. The van der Waals surface area contributed by atoms with E-state index >= 15 is 0 Å². The van der Waals surface area contributed by atoms with Gasteiger partial charge in [-0.15, -0.1) is 11.3 Å². The number of rotatable bonds is 9. The van der Waals surface area contributed by atoms with Crippen LogP contribution in [0.2, 0.25) is 0 Å². The number of nitrogens with zero attached hydrogens (tertiary/aromatic N) is 2. The molecule has 142 valence electrons. The number of thiazole rings is 1. The molecule has 1 amide bonds. The Morgan fingerprint density at radius 1 is 1.23 bits per heavy atom. The number of hydrogen-bond acceptors (Lipinski definition) is 5. The zero-order chi connectivity index (χ0) is 19.1. The van der Waals surface area contributed by atoms with Gasteiger partial charge in [0.25, 0.3) is 5.91 Å². The normalized spacial score (nSPS) is 11.2. The highest BCUT2D eigenvalue weighted by Crippen LogP contribution is 2.25. The third kappa shape index (κ3) is 5.54. The van der Waals surface area contributed by atoms with Gasteiger partial charge < -0.3 is 15.0 Å². The van der Waals surface area contributed by atoms with Crippen molar-refractivity contribution in [3.63, 3.8) is 0 Å². The van der Waals surface area contributed by atoms with Crippen LogP contribution < -0.4 is 10.1 Å². The summed E-state index contributed by atoms with van der Waals surface area (Å²) < 4.78 is 5.77. The SMILES string of the molecule is CCN(CC)CCOc1ccc(NC(=O)c2sc(C(C)C)nc2C)cc1. The summed E-state index contributed by atoms with van der Waals surface area (Å²) in [4.78, 5) is 20.0. The zero-order valence-electron chi connectivity index (χ0n) is 16.3. The summed E-state index contributed by atoms with van der Waals surface area (Å²) in [6.45, 7) is 14.0. The van der Waals surface area contributed by atoms with Gasteiger partial charge in [0.2, 0.25) is 0 Å². The lowest BCUT2D eigenvalue weighted by atomic mass is 10.2. The number of ether oxygens (including phenoxy) is 1. The van der Waals surface area contributed by atoms with Crippen molar-refractivity contribution in [2.24, 2.45) is 0 Å². The van der Waals surface area contributed by atoms with Crippen molar-refractivity contribution < 1.29 is 9.53 Å². The number of anilines is 1. The number of hydrogen-bond donors (Lipinski definition) is 1. The Morgan fingerprint density at radius 3 is 2.42 bits per heavy atom. The molecule has 0 atom stereocenters. The molecule has 1 aromatic carbocycles. The third-order valence-corrected chi connectivity index (χ3v) is 5.65. The number of amides is 1. The van der Waals surface area contributed by atoms with Crippen molar-refractivity contribution in [2.45, 2.75) is 40.5 Å². The third-order valence-electron chi connectivity index (χ3n) is 4.20. The van der Waals surface area contributed by atoms with E-state index in [0.717, 1.165) is 41.8 Å². The van der Waals surface area contributed by atoms with E-state index in [2.05, 4.69) is 42.9 Å². The largest absolute Gasteiger partial charge is 0.492 e. The molecule has 26 heavy (non-hydrogen) atoms. The highest BCUT2D eigenvalue weighted by molar-refractivity contribution is 7.14. The summed E-state index contributed by atoms with van der Waals surface area (Å²) in [5.41, 5.74) is 1.54. The van der Waals surface area contributed by atoms with Gasteiger partial charge in [0.05, 0.1) is 10.7 Å². The zero-order valence-corrected chi connectivity index (χ0v) is 17.2. The molecular weight excluding hydrogens is 346 g/mol. The van der Waals surface area contributed by atoms with Crippen molar-refractivity contribution in [2.75, 3.05) is 31.6 Å². The molecule has 6 heteroatoms. The molecule has 0 aliphatic carbocycles. The Kier molecular flexibility index (Phi) is 7.60. The molecule has 0 aliphatic heterocycles. The minimum Gasteiger partial charge on any atom is -0.492 e. The minimum absolute atomic E-state index is 0.109. The number of aryl methyl sites for hydroxylation is 1. The Bertz CT molecular complexity index is 706. The predicted molar refractivity (Wildman–Crippen MR) is 109 cm³/mol. The maximum Gasteiger partial charge on any atom is 0.267 e. The van der Waals surface area contributed by atoms with Crippen LogP contribution in [0.5, 0.6) is 5.75 Å². The highest BCUT2D eigenvalue weighted by atomic mass is 32.1. The first-order valence-corrected chi connectivity index (χ1v) is 10.00. The summed E-state index contributed by atoms with van der Waals surface area (Å²) in [5.74, 6) is 1.03. The average molecular weight is 376 g/mol. The molecule has 0 fully saturated rings. The Labute approximate surface area is 160 Å². The van der Waals surface area contributed by atoms with Gasteiger partial charge >= 0.3 is 0 Å². The molecular formula is C20H29N3O2S. The Hall–Kier alpha value is -1.92. The fourth-order valence-corrected chi connectivity index (χ4v) is 3.49. The van der Waals surface area contributed by atoms with Crippen molar-refractivity contribution in [3.8, 4) is 5.75 Å². The lowest BCUT2D eigenvalue weighted by molar-refractivity contribution is 0.103. The molecule has 2 aromatic rings. The van der Waals surface area contributed by atoms with Crippen molar-refractivity contribution in [1.29, 1.82) is 0 Å². The van der Waals surface area contributed by atoms with Gasteiger partial charge in [-0.1, -0.05) is 27.7 Å². The van der Waals surface area contributed by atoms with E-state index in [-0.39, 0.29) is 5.91 Å². The molecule has 0 saturated heterocycles. The summed E-state index contributed by atoms with van der Waals surface area (Å²) in [6.07, 6.45) is 0. The van der Waals surface area contributed by atoms with Crippen LogP contribution in [0.3, 0.4) is 0 Å². The molecule has 0 aliphatic rings. The molecule has 0 unspecified atom stereocenters. The Balaban J connectivity index is 1.91. The molecule has 0 spiro atoms. The van der Waals surface area contributed by atoms with Crippen molar-refractivity contribution in [3.05, 3.63) is 39.8 Å². The van der Waals surface area contributed by atoms with Gasteiger partial charge in [-0.05, 0) is 44.3 Å². The van der Waals surface area contributed by atoms with Gasteiger partial charge in [0, 0.05) is 18.2 Å². The van der Waals surface area contributed by atoms with Gasteiger partial charge in [0.1, 0.15) is 17.2 Å². The van der Waals surface area contributed by atoms with Gasteiger partial charge in [-0.25, -0.2) is 4.98 Å². The van der Waals surface area contributed by atoms with Crippen LogP contribution in [-0.2, 0) is 0 Å². The second-order valence-electron chi connectivity index (χ2n) is 6.48. The van der Waals surface area contributed by atoms with Crippen LogP contribution in [0, 0.1) is 6.92 Å². The summed E-state index contributed by atoms with van der Waals surface area (Å²) in [7, 11) is 0. The smallest absolute Gasteiger partial charge is 0.267 e. The number of likely N-dealkylation sites (N-methyl/N-ethyl adjacent to an activating group) is 1. The fourth-order valence-electron chi connectivity index (χ4n) is 2.53. The maximum atomic E-state index is 12.5. The second kappa shape index (κ2) is 9.69. The highest BCUT2D eigenvalue weighted by Gasteiger charge is 2.17. The summed E-state index contributed by atoms with van der Waals surface area (Å²) in [6, 6.07) is 7.50. The molecule has 5 nitrogen and oxygen atoms in total. The first-order chi connectivity index (χ1) is 12.4.